The number of unbranched alkanes of at least 4 members (excludes halogenated alkanes) is 3. The Hall–Kier alpha value is -0.120. The fraction of sp³-hybridized carbons (Fsp3) is 1.00. The Bertz CT molecular complexity index is 187. The molecule has 1 aliphatic rings. The van der Waals surface area contributed by atoms with Gasteiger partial charge in [0.2, 0.25) is 0 Å². The van der Waals surface area contributed by atoms with Crippen LogP contribution < -0.4 is 5.32 Å². The number of hydrogen-bond donors (Lipinski definition) is 1. The second kappa shape index (κ2) is 8.90. The lowest BCUT2D eigenvalue weighted by Gasteiger charge is -2.36. The van der Waals surface area contributed by atoms with Crippen molar-refractivity contribution in [2.75, 3.05) is 33.3 Å². The molecule has 17 heavy (non-hydrogen) atoms. The summed E-state index contributed by atoms with van der Waals surface area (Å²) in [5.74, 6) is 0. The zero-order valence-corrected chi connectivity index (χ0v) is 11.9. The van der Waals surface area contributed by atoms with Crippen molar-refractivity contribution in [3.63, 3.8) is 0 Å². The molecule has 1 heterocycles. The zero-order chi connectivity index (χ0) is 12.5. The van der Waals surface area contributed by atoms with E-state index in [0.717, 1.165) is 26.2 Å². The van der Waals surface area contributed by atoms with Crippen LogP contribution in [0.3, 0.4) is 0 Å². The monoisotopic (exact) mass is 242 g/mol. The Morgan fingerprint density at radius 1 is 1.29 bits per heavy atom. The fourth-order valence-electron chi connectivity index (χ4n) is 2.57. The van der Waals surface area contributed by atoms with Gasteiger partial charge in [-0.1, -0.05) is 39.5 Å². The molecule has 0 amide bonds. The molecule has 0 aromatic carbocycles. The molecule has 1 rings (SSSR count). The van der Waals surface area contributed by atoms with Gasteiger partial charge in [-0.3, -0.25) is 4.90 Å². The van der Waals surface area contributed by atoms with Crippen LogP contribution in [0.4, 0.5) is 0 Å². The largest absolute Gasteiger partial charge is 0.374 e. The molecule has 0 bridgehead atoms. The highest BCUT2D eigenvalue weighted by Crippen LogP contribution is 2.14. The molecule has 3 nitrogen and oxygen atoms in total. The summed E-state index contributed by atoms with van der Waals surface area (Å²) in [6, 6.07) is 0.529. The standard InChI is InChI=1S/C14H30N2O/c1-4-6-7-8-9-13(15-3)14-12-16(5-2)10-11-17-14/h13-15H,4-12H2,1-3H3. The Morgan fingerprint density at radius 3 is 2.76 bits per heavy atom. The van der Waals surface area contributed by atoms with Crippen molar-refractivity contribution < 1.29 is 4.74 Å². The summed E-state index contributed by atoms with van der Waals surface area (Å²) in [5.41, 5.74) is 0. The molecule has 0 spiro atoms. The molecule has 3 heteroatoms. The first-order chi connectivity index (χ1) is 8.31. The summed E-state index contributed by atoms with van der Waals surface area (Å²) >= 11 is 0. The van der Waals surface area contributed by atoms with Gasteiger partial charge in [0, 0.05) is 19.1 Å². The molecular formula is C14H30N2O. The van der Waals surface area contributed by atoms with Gasteiger partial charge in [0.15, 0.2) is 0 Å². The highest BCUT2D eigenvalue weighted by molar-refractivity contribution is 4.81. The maximum Gasteiger partial charge on any atom is 0.0855 e. The van der Waals surface area contributed by atoms with E-state index < -0.39 is 0 Å². The van der Waals surface area contributed by atoms with Crippen LogP contribution in [0.5, 0.6) is 0 Å². The van der Waals surface area contributed by atoms with E-state index in [9.17, 15) is 0 Å². The molecule has 1 saturated heterocycles. The van der Waals surface area contributed by atoms with Crippen molar-refractivity contribution in [2.24, 2.45) is 0 Å². The molecule has 0 saturated carbocycles. The van der Waals surface area contributed by atoms with Crippen molar-refractivity contribution in [3.8, 4) is 0 Å². The van der Waals surface area contributed by atoms with E-state index in [2.05, 4.69) is 31.1 Å². The summed E-state index contributed by atoms with van der Waals surface area (Å²) in [7, 11) is 2.07. The minimum absolute atomic E-state index is 0.385. The summed E-state index contributed by atoms with van der Waals surface area (Å²) in [5, 5.41) is 3.44. The third-order valence-electron chi connectivity index (χ3n) is 3.81. The number of rotatable bonds is 8. The van der Waals surface area contributed by atoms with Crippen LogP contribution in [0.2, 0.25) is 0 Å². The van der Waals surface area contributed by atoms with Crippen molar-refractivity contribution in [3.05, 3.63) is 0 Å². The molecule has 0 aromatic rings. The van der Waals surface area contributed by atoms with Crippen molar-refractivity contribution in [1.29, 1.82) is 0 Å². The van der Waals surface area contributed by atoms with E-state index in [0.29, 0.717) is 12.1 Å². The molecule has 0 aliphatic carbocycles. The average molecular weight is 242 g/mol. The van der Waals surface area contributed by atoms with E-state index in [-0.39, 0.29) is 0 Å². The smallest absolute Gasteiger partial charge is 0.0855 e. The lowest BCUT2D eigenvalue weighted by atomic mass is 10.0. The predicted octanol–water partition coefficient (Wildman–Crippen LogP) is 2.27. The second-order valence-electron chi connectivity index (χ2n) is 5.05. The molecule has 2 unspecified atom stereocenters. The molecule has 2 atom stereocenters. The van der Waals surface area contributed by atoms with Gasteiger partial charge in [0.1, 0.15) is 0 Å². The molecular weight excluding hydrogens is 212 g/mol. The molecule has 0 aromatic heterocycles. The van der Waals surface area contributed by atoms with Gasteiger partial charge < -0.3 is 10.1 Å². The first-order valence-electron chi connectivity index (χ1n) is 7.33. The van der Waals surface area contributed by atoms with Crippen LogP contribution in [-0.2, 0) is 4.74 Å². The third kappa shape index (κ3) is 5.36. The van der Waals surface area contributed by atoms with Gasteiger partial charge >= 0.3 is 0 Å². The van der Waals surface area contributed by atoms with Crippen molar-refractivity contribution >= 4 is 0 Å². The number of morpholine rings is 1. The minimum Gasteiger partial charge on any atom is -0.374 e. The third-order valence-corrected chi connectivity index (χ3v) is 3.81. The van der Waals surface area contributed by atoms with Crippen LogP contribution in [0.25, 0.3) is 0 Å². The first-order valence-corrected chi connectivity index (χ1v) is 7.33. The Kier molecular flexibility index (Phi) is 7.82. The summed E-state index contributed by atoms with van der Waals surface area (Å²) in [6.07, 6.45) is 7.00. The zero-order valence-electron chi connectivity index (χ0n) is 11.9. The predicted molar refractivity (Wildman–Crippen MR) is 73.5 cm³/mol. The van der Waals surface area contributed by atoms with Gasteiger partial charge in [-0.2, -0.15) is 0 Å². The normalized spacial score (nSPS) is 23.8. The van der Waals surface area contributed by atoms with E-state index >= 15 is 0 Å². The topological polar surface area (TPSA) is 24.5 Å². The highest BCUT2D eigenvalue weighted by atomic mass is 16.5. The maximum absolute atomic E-state index is 5.92. The Labute approximate surface area is 107 Å². The number of likely N-dealkylation sites (N-methyl/N-ethyl adjacent to an activating group) is 2. The van der Waals surface area contributed by atoms with E-state index in [4.69, 9.17) is 4.74 Å². The van der Waals surface area contributed by atoms with Crippen LogP contribution in [-0.4, -0.2) is 50.3 Å². The quantitative estimate of drug-likeness (QED) is 0.661. The van der Waals surface area contributed by atoms with Gasteiger partial charge in [0.25, 0.3) is 0 Å². The Morgan fingerprint density at radius 2 is 2.12 bits per heavy atom. The van der Waals surface area contributed by atoms with Gasteiger partial charge in [-0.15, -0.1) is 0 Å². The maximum atomic E-state index is 5.92. The summed E-state index contributed by atoms with van der Waals surface area (Å²) in [6.45, 7) is 8.73. The first kappa shape index (κ1) is 14.9. The number of ether oxygens (including phenoxy) is 1. The van der Waals surface area contributed by atoms with Gasteiger partial charge in [0.05, 0.1) is 12.7 Å². The Balaban J connectivity index is 2.27. The second-order valence-corrected chi connectivity index (χ2v) is 5.05. The minimum atomic E-state index is 0.385. The molecule has 102 valence electrons. The highest BCUT2D eigenvalue weighted by Gasteiger charge is 2.25. The van der Waals surface area contributed by atoms with Gasteiger partial charge in [-0.25, -0.2) is 0 Å². The van der Waals surface area contributed by atoms with E-state index in [1.54, 1.807) is 0 Å². The van der Waals surface area contributed by atoms with Crippen LogP contribution >= 0.6 is 0 Å². The van der Waals surface area contributed by atoms with Gasteiger partial charge in [-0.05, 0) is 20.0 Å². The average Bonchev–Trinajstić information content (AvgIpc) is 2.39. The summed E-state index contributed by atoms with van der Waals surface area (Å²) in [4.78, 5) is 2.49. The van der Waals surface area contributed by atoms with Crippen molar-refractivity contribution in [1.82, 2.24) is 10.2 Å². The van der Waals surface area contributed by atoms with Crippen LogP contribution in [0.1, 0.15) is 46.0 Å². The van der Waals surface area contributed by atoms with Crippen molar-refractivity contribution in [2.45, 2.75) is 58.1 Å². The number of nitrogens with zero attached hydrogens (tertiary/aromatic N) is 1. The lowest BCUT2D eigenvalue weighted by Crippen LogP contribution is -2.51. The molecule has 0 radical (unpaired) electrons. The number of hydrogen-bond acceptors (Lipinski definition) is 3. The molecule has 1 aliphatic heterocycles. The van der Waals surface area contributed by atoms with Crippen LogP contribution in [0.15, 0.2) is 0 Å². The summed E-state index contributed by atoms with van der Waals surface area (Å²) < 4.78 is 5.92. The lowest BCUT2D eigenvalue weighted by molar-refractivity contribution is -0.0453. The molecule has 1 fully saturated rings. The van der Waals surface area contributed by atoms with Crippen LogP contribution in [0, 0.1) is 0 Å². The van der Waals surface area contributed by atoms with E-state index in [1.165, 1.54) is 32.1 Å². The fourth-order valence-corrected chi connectivity index (χ4v) is 2.57. The number of nitrogens with one attached hydrogen (secondary N) is 1. The molecule has 1 N–H and O–H groups in total. The SMILES string of the molecule is CCCCCCC(NC)C1CN(CC)CCO1. The van der Waals surface area contributed by atoms with E-state index in [1.807, 2.05) is 0 Å².